The third kappa shape index (κ3) is 5.39. The lowest BCUT2D eigenvalue weighted by Crippen LogP contribution is -2.33. The topological polar surface area (TPSA) is 103 Å². The molecule has 0 aliphatic carbocycles. The number of aromatic nitrogens is 3. The number of carbonyl (C=O) groups is 1. The van der Waals surface area contributed by atoms with Gasteiger partial charge in [-0.1, -0.05) is 28.9 Å². The van der Waals surface area contributed by atoms with Gasteiger partial charge in [-0.15, -0.1) is 18.3 Å². The molecule has 0 fully saturated rings. The van der Waals surface area contributed by atoms with Gasteiger partial charge in [0.1, 0.15) is 16.5 Å². The van der Waals surface area contributed by atoms with E-state index in [1.807, 2.05) is 0 Å². The number of rotatable bonds is 5. The van der Waals surface area contributed by atoms with Crippen LogP contribution in [0.1, 0.15) is 16.2 Å². The molecule has 0 saturated carbocycles. The summed E-state index contributed by atoms with van der Waals surface area (Å²) in [5.74, 6) is -4.11. The Morgan fingerprint density at radius 3 is 2.29 bits per heavy atom. The van der Waals surface area contributed by atoms with Gasteiger partial charge in [-0.3, -0.25) is 4.79 Å². The fourth-order valence-electron chi connectivity index (χ4n) is 2.62. The number of hydrogen-bond acceptors (Lipinski definition) is 6. The molecule has 1 amide bonds. The molecule has 0 aliphatic heterocycles. The molecule has 0 unspecified atom stereocenters. The first-order valence-corrected chi connectivity index (χ1v) is 10.4. The number of alkyl halides is 6. The van der Waals surface area contributed by atoms with Crippen molar-refractivity contribution in [2.24, 2.45) is 0 Å². The van der Waals surface area contributed by atoms with Gasteiger partial charge in [0.15, 0.2) is 11.4 Å². The lowest BCUT2D eigenvalue weighted by molar-refractivity contribution is -0.275. The standard InChI is InChI=1S/C17H8ClF7N4O4S/c18-9-7-8(19)5-6-10(9)29-14(16(20,21)22)13(26-28-29)15(30)27-34(31,32)12-4-2-1-3-11(12)33-17(23,24)25/h1-7H,(H,27,30). The Bertz CT molecular complexity index is 1360. The van der Waals surface area contributed by atoms with E-state index in [4.69, 9.17) is 11.6 Å². The van der Waals surface area contributed by atoms with Crippen molar-refractivity contribution in [3.8, 4) is 11.4 Å². The van der Waals surface area contributed by atoms with E-state index < -0.39 is 67.0 Å². The zero-order valence-electron chi connectivity index (χ0n) is 15.9. The predicted molar refractivity (Wildman–Crippen MR) is 99.1 cm³/mol. The first-order valence-electron chi connectivity index (χ1n) is 8.50. The van der Waals surface area contributed by atoms with Crippen LogP contribution in [0.4, 0.5) is 30.7 Å². The molecule has 3 rings (SSSR count). The van der Waals surface area contributed by atoms with Crippen LogP contribution in [0.25, 0.3) is 5.69 Å². The molecular weight excluding hydrogens is 525 g/mol. The Hall–Kier alpha value is -3.40. The molecular formula is C17H8ClF7N4O4S. The highest BCUT2D eigenvalue weighted by atomic mass is 35.5. The number of benzene rings is 2. The first kappa shape index (κ1) is 25.2. The number of nitrogens with zero attached hydrogens (tertiary/aromatic N) is 3. The van der Waals surface area contributed by atoms with E-state index in [0.29, 0.717) is 18.2 Å². The fraction of sp³-hybridized carbons (Fsp3) is 0.118. The number of nitrogens with one attached hydrogen (secondary N) is 1. The number of hydrogen-bond donors (Lipinski definition) is 1. The van der Waals surface area contributed by atoms with Gasteiger partial charge in [-0.25, -0.2) is 22.2 Å². The van der Waals surface area contributed by atoms with Crippen molar-refractivity contribution < 1.29 is 48.7 Å². The highest BCUT2D eigenvalue weighted by Gasteiger charge is 2.43. The SMILES string of the molecule is O=C(NS(=O)(=O)c1ccccc1OC(F)(F)F)c1nnn(-c2ccc(F)cc2Cl)c1C(F)(F)F. The van der Waals surface area contributed by atoms with Gasteiger partial charge < -0.3 is 4.74 Å². The molecule has 1 heterocycles. The van der Waals surface area contributed by atoms with Gasteiger partial charge in [-0.05, 0) is 30.3 Å². The van der Waals surface area contributed by atoms with Crippen LogP contribution < -0.4 is 9.46 Å². The summed E-state index contributed by atoms with van der Waals surface area (Å²) in [4.78, 5) is 11.2. The molecule has 182 valence electrons. The Morgan fingerprint density at radius 2 is 1.71 bits per heavy atom. The van der Waals surface area contributed by atoms with Crippen molar-refractivity contribution in [1.29, 1.82) is 0 Å². The molecule has 0 saturated heterocycles. The van der Waals surface area contributed by atoms with Crippen LogP contribution in [0.3, 0.4) is 0 Å². The van der Waals surface area contributed by atoms with Gasteiger partial charge in [-0.2, -0.15) is 13.2 Å². The van der Waals surface area contributed by atoms with Crippen molar-refractivity contribution >= 4 is 27.5 Å². The number of carbonyl (C=O) groups excluding carboxylic acids is 1. The Balaban J connectivity index is 2.04. The van der Waals surface area contributed by atoms with Crippen molar-refractivity contribution in [3.05, 3.63) is 64.7 Å². The molecule has 0 bridgehead atoms. The predicted octanol–water partition coefficient (Wildman–Crippen LogP) is 4.10. The van der Waals surface area contributed by atoms with E-state index in [0.717, 1.165) is 24.3 Å². The van der Waals surface area contributed by atoms with Crippen molar-refractivity contribution in [2.45, 2.75) is 17.4 Å². The smallest absolute Gasteiger partial charge is 0.404 e. The van der Waals surface area contributed by atoms with Crippen LogP contribution in [0.15, 0.2) is 47.4 Å². The van der Waals surface area contributed by atoms with E-state index in [9.17, 15) is 43.9 Å². The van der Waals surface area contributed by atoms with Crippen LogP contribution in [0, 0.1) is 5.82 Å². The summed E-state index contributed by atoms with van der Waals surface area (Å²) < 4.78 is 122. The second kappa shape index (κ2) is 8.75. The Labute approximate surface area is 189 Å². The maximum Gasteiger partial charge on any atom is 0.573 e. The molecule has 17 heteroatoms. The fourth-order valence-corrected chi connectivity index (χ4v) is 3.95. The third-order valence-electron chi connectivity index (χ3n) is 3.88. The summed E-state index contributed by atoms with van der Waals surface area (Å²) in [6.07, 6.45) is -10.7. The van der Waals surface area contributed by atoms with E-state index in [2.05, 4.69) is 15.0 Å². The first-order chi connectivity index (χ1) is 15.6. The number of amides is 1. The molecule has 0 aliphatic rings. The van der Waals surface area contributed by atoms with Crippen LogP contribution in [-0.4, -0.2) is 35.7 Å². The van der Waals surface area contributed by atoms with Crippen molar-refractivity contribution in [1.82, 2.24) is 19.7 Å². The van der Waals surface area contributed by atoms with Gasteiger partial charge in [0, 0.05) is 0 Å². The lowest BCUT2D eigenvalue weighted by atomic mass is 10.2. The second-order valence-corrected chi connectivity index (χ2v) is 8.28. The zero-order chi connectivity index (χ0) is 25.5. The molecule has 3 aromatic rings. The zero-order valence-corrected chi connectivity index (χ0v) is 17.5. The number of sulfonamides is 1. The van der Waals surface area contributed by atoms with E-state index in [-0.39, 0.29) is 4.68 Å². The normalized spacial score (nSPS) is 12.5. The summed E-state index contributed by atoms with van der Waals surface area (Å²) in [7, 11) is -5.19. The average molecular weight is 533 g/mol. The van der Waals surface area contributed by atoms with E-state index in [1.54, 1.807) is 0 Å². The Morgan fingerprint density at radius 1 is 1.06 bits per heavy atom. The highest BCUT2D eigenvalue weighted by Crippen LogP contribution is 2.35. The minimum Gasteiger partial charge on any atom is -0.404 e. The van der Waals surface area contributed by atoms with Crippen LogP contribution >= 0.6 is 11.6 Å². The van der Waals surface area contributed by atoms with Gasteiger partial charge in [0.25, 0.3) is 15.9 Å². The Kier molecular flexibility index (Phi) is 6.49. The quantitative estimate of drug-likeness (QED) is 0.497. The van der Waals surface area contributed by atoms with Gasteiger partial charge in [0.05, 0.1) is 10.7 Å². The molecule has 0 spiro atoms. The van der Waals surface area contributed by atoms with Crippen LogP contribution in [-0.2, 0) is 16.2 Å². The third-order valence-corrected chi connectivity index (χ3v) is 5.56. The monoisotopic (exact) mass is 532 g/mol. The van der Waals surface area contributed by atoms with Crippen LogP contribution in [0.2, 0.25) is 5.02 Å². The lowest BCUT2D eigenvalue weighted by Gasteiger charge is -2.14. The molecule has 34 heavy (non-hydrogen) atoms. The molecule has 1 aromatic heterocycles. The number of para-hydroxylation sites is 1. The van der Waals surface area contributed by atoms with E-state index in [1.165, 1.54) is 4.72 Å². The maximum absolute atomic E-state index is 13.7. The molecule has 8 nitrogen and oxygen atoms in total. The van der Waals surface area contributed by atoms with Gasteiger partial charge >= 0.3 is 12.5 Å². The highest BCUT2D eigenvalue weighted by molar-refractivity contribution is 7.90. The summed E-state index contributed by atoms with van der Waals surface area (Å²) in [5, 5.41) is 5.63. The molecule has 0 atom stereocenters. The van der Waals surface area contributed by atoms with Crippen molar-refractivity contribution in [3.63, 3.8) is 0 Å². The summed E-state index contributed by atoms with van der Waals surface area (Å²) in [5.41, 5.74) is -3.98. The average Bonchev–Trinajstić information content (AvgIpc) is 3.12. The largest absolute Gasteiger partial charge is 0.573 e. The van der Waals surface area contributed by atoms with Crippen molar-refractivity contribution in [2.75, 3.05) is 0 Å². The van der Waals surface area contributed by atoms with Crippen LogP contribution in [0.5, 0.6) is 5.75 Å². The summed E-state index contributed by atoms with van der Waals surface area (Å²) >= 11 is 5.73. The molecule has 0 radical (unpaired) electrons. The number of ether oxygens (including phenoxy) is 1. The van der Waals surface area contributed by atoms with Gasteiger partial charge in [0.2, 0.25) is 0 Å². The number of halogens is 8. The maximum atomic E-state index is 13.7. The summed E-state index contributed by atoms with van der Waals surface area (Å²) in [6.45, 7) is 0. The minimum atomic E-state index is -5.35. The second-order valence-electron chi connectivity index (χ2n) is 6.22. The molecule has 1 N–H and O–H groups in total. The minimum absolute atomic E-state index is 0.0318. The summed E-state index contributed by atoms with van der Waals surface area (Å²) in [6, 6.07) is 5.39. The molecule has 2 aromatic carbocycles. The van der Waals surface area contributed by atoms with E-state index >= 15 is 0 Å².